The predicted octanol–water partition coefficient (Wildman–Crippen LogP) is 6.44. The van der Waals surface area contributed by atoms with Crippen LogP contribution in [0.2, 0.25) is 0 Å². The Labute approximate surface area is 137 Å². The van der Waals surface area contributed by atoms with Crippen molar-refractivity contribution in [3.63, 3.8) is 0 Å². The van der Waals surface area contributed by atoms with Crippen molar-refractivity contribution in [2.24, 2.45) is 0 Å². The Morgan fingerprint density at radius 2 is 1.14 bits per heavy atom. The third-order valence-electron chi connectivity index (χ3n) is 3.57. The molecule has 0 aromatic heterocycles. The average Bonchev–Trinajstić information content (AvgIpc) is 2.50. The molecule has 0 amide bonds. The Bertz CT molecular complexity index is 327. The fraction of sp³-hybridized carbons (Fsp3) is 0.650. The van der Waals surface area contributed by atoms with Gasteiger partial charge in [-0.15, -0.1) is 0 Å². The highest BCUT2D eigenvalue weighted by Crippen LogP contribution is 2.10. The normalized spacial score (nSPS) is 12.0. The molecule has 0 atom stereocenters. The molecular weight excluding hydrogens is 272 g/mol. The molecule has 1 N–H and O–H groups in total. The van der Waals surface area contributed by atoms with Crippen LogP contribution < -0.4 is 0 Å². The number of allylic oxidation sites excluding steroid dienone is 5. The maximum atomic E-state index is 10.3. The van der Waals surface area contributed by atoms with Crippen LogP contribution in [0.1, 0.15) is 84.0 Å². The molecule has 0 radical (unpaired) electrons. The summed E-state index contributed by atoms with van der Waals surface area (Å²) in [4.78, 5) is 10.3. The maximum Gasteiger partial charge on any atom is 0.327 e. The van der Waals surface area contributed by atoms with E-state index in [9.17, 15) is 4.79 Å². The van der Waals surface area contributed by atoms with Crippen LogP contribution in [0.25, 0.3) is 0 Å². The van der Waals surface area contributed by atoms with E-state index in [2.05, 4.69) is 31.2 Å². The summed E-state index contributed by atoms with van der Waals surface area (Å²) in [5.74, 6) is -0.860. The molecule has 0 aliphatic rings. The summed E-state index contributed by atoms with van der Waals surface area (Å²) >= 11 is 0. The highest BCUT2D eigenvalue weighted by atomic mass is 16.4. The first-order valence-corrected chi connectivity index (χ1v) is 8.96. The SMILES string of the molecule is CC/C=C/CCCCCCCCC/C=C/CC/C=C/C(=O)O. The Morgan fingerprint density at radius 1 is 0.682 bits per heavy atom. The van der Waals surface area contributed by atoms with Crippen LogP contribution in [0.5, 0.6) is 0 Å². The topological polar surface area (TPSA) is 37.3 Å². The van der Waals surface area contributed by atoms with Gasteiger partial charge in [-0.2, -0.15) is 0 Å². The molecule has 0 aromatic carbocycles. The Morgan fingerprint density at radius 3 is 1.68 bits per heavy atom. The molecule has 0 aliphatic carbocycles. The standard InChI is InChI=1S/C20H34O2/c1-2-3-4-5-6-7-8-9-10-11-12-13-14-15-16-17-18-19-20(21)22/h3-4,14-15,18-19H,2,5-13,16-17H2,1H3,(H,21,22)/b4-3+,15-14+,19-18+. The second-order valence-corrected chi connectivity index (χ2v) is 5.72. The Hall–Kier alpha value is -1.31. The van der Waals surface area contributed by atoms with Crippen molar-refractivity contribution in [2.75, 3.05) is 0 Å². The fourth-order valence-corrected chi connectivity index (χ4v) is 2.31. The minimum Gasteiger partial charge on any atom is -0.478 e. The van der Waals surface area contributed by atoms with E-state index in [1.54, 1.807) is 6.08 Å². The first kappa shape index (κ1) is 20.7. The molecule has 0 rings (SSSR count). The molecule has 126 valence electrons. The summed E-state index contributed by atoms with van der Waals surface area (Å²) < 4.78 is 0. The number of hydrogen-bond acceptors (Lipinski definition) is 1. The zero-order valence-electron chi connectivity index (χ0n) is 14.3. The minimum absolute atomic E-state index is 0.816. The third-order valence-corrected chi connectivity index (χ3v) is 3.57. The van der Waals surface area contributed by atoms with E-state index in [4.69, 9.17) is 5.11 Å². The van der Waals surface area contributed by atoms with E-state index >= 15 is 0 Å². The van der Waals surface area contributed by atoms with Crippen molar-refractivity contribution in [1.82, 2.24) is 0 Å². The highest BCUT2D eigenvalue weighted by molar-refractivity contribution is 5.79. The van der Waals surface area contributed by atoms with Crippen LogP contribution in [0.4, 0.5) is 0 Å². The van der Waals surface area contributed by atoms with Crippen LogP contribution in [0.3, 0.4) is 0 Å². The van der Waals surface area contributed by atoms with Crippen LogP contribution >= 0.6 is 0 Å². The second kappa shape index (κ2) is 17.7. The Balaban J connectivity index is 3.16. The lowest BCUT2D eigenvalue weighted by Gasteiger charge is -2.00. The summed E-state index contributed by atoms with van der Waals surface area (Å²) in [6.45, 7) is 2.18. The van der Waals surface area contributed by atoms with Crippen molar-refractivity contribution >= 4 is 5.97 Å². The molecule has 0 aromatic rings. The summed E-state index contributed by atoms with van der Waals surface area (Å²) in [5, 5.41) is 8.43. The number of aliphatic carboxylic acids is 1. The lowest BCUT2D eigenvalue weighted by molar-refractivity contribution is -0.131. The zero-order valence-corrected chi connectivity index (χ0v) is 14.3. The van der Waals surface area contributed by atoms with Crippen molar-refractivity contribution in [1.29, 1.82) is 0 Å². The van der Waals surface area contributed by atoms with E-state index in [0.29, 0.717) is 0 Å². The van der Waals surface area contributed by atoms with Gasteiger partial charge in [-0.05, 0) is 44.9 Å². The lowest BCUT2D eigenvalue weighted by atomic mass is 10.1. The summed E-state index contributed by atoms with van der Waals surface area (Å²) in [5.41, 5.74) is 0. The average molecular weight is 306 g/mol. The lowest BCUT2D eigenvalue weighted by Crippen LogP contribution is -1.85. The van der Waals surface area contributed by atoms with Crippen LogP contribution in [0.15, 0.2) is 36.5 Å². The first-order chi connectivity index (χ1) is 10.8. The van der Waals surface area contributed by atoms with Gasteiger partial charge in [0.05, 0.1) is 0 Å². The highest BCUT2D eigenvalue weighted by Gasteiger charge is 1.91. The molecule has 0 bridgehead atoms. The molecule has 2 nitrogen and oxygen atoms in total. The van der Waals surface area contributed by atoms with Gasteiger partial charge in [-0.25, -0.2) is 4.79 Å². The van der Waals surface area contributed by atoms with Crippen molar-refractivity contribution in [3.8, 4) is 0 Å². The van der Waals surface area contributed by atoms with Gasteiger partial charge in [0.1, 0.15) is 0 Å². The molecular formula is C20H34O2. The van der Waals surface area contributed by atoms with Crippen LogP contribution in [-0.2, 0) is 4.79 Å². The van der Waals surface area contributed by atoms with E-state index in [1.807, 2.05) is 0 Å². The van der Waals surface area contributed by atoms with E-state index in [1.165, 1.54) is 57.4 Å². The van der Waals surface area contributed by atoms with Crippen molar-refractivity contribution in [3.05, 3.63) is 36.5 Å². The number of hydrogen-bond donors (Lipinski definition) is 1. The van der Waals surface area contributed by atoms with Gasteiger partial charge < -0.3 is 5.11 Å². The molecule has 0 spiro atoms. The minimum atomic E-state index is -0.860. The number of unbranched alkanes of at least 4 members (excludes halogenated alkanes) is 9. The molecule has 0 heterocycles. The van der Waals surface area contributed by atoms with E-state index < -0.39 is 5.97 Å². The summed E-state index contributed by atoms with van der Waals surface area (Å²) in [7, 11) is 0. The quantitative estimate of drug-likeness (QED) is 0.215. The van der Waals surface area contributed by atoms with Gasteiger partial charge in [0, 0.05) is 6.08 Å². The van der Waals surface area contributed by atoms with Gasteiger partial charge in [0.2, 0.25) is 0 Å². The molecule has 0 aliphatic heterocycles. The third kappa shape index (κ3) is 18.7. The van der Waals surface area contributed by atoms with Crippen molar-refractivity contribution in [2.45, 2.75) is 84.0 Å². The van der Waals surface area contributed by atoms with E-state index in [-0.39, 0.29) is 0 Å². The number of carboxylic acids is 1. The van der Waals surface area contributed by atoms with Gasteiger partial charge in [-0.3, -0.25) is 0 Å². The molecule has 0 fully saturated rings. The molecule has 0 saturated carbocycles. The second-order valence-electron chi connectivity index (χ2n) is 5.72. The zero-order chi connectivity index (χ0) is 16.3. The fourth-order valence-electron chi connectivity index (χ4n) is 2.31. The number of carbonyl (C=O) groups is 1. The molecule has 0 saturated heterocycles. The van der Waals surface area contributed by atoms with Crippen LogP contribution in [-0.4, -0.2) is 11.1 Å². The first-order valence-electron chi connectivity index (χ1n) is 8.96. The number of carboxylic acid groups (broad SMARTS) is 1. The maximum absolute atomic E-state index is 10.3. The summed E-state index contributed by atoms with van der Waals surface area (Å²) in [6, 6.07) is 0. The summed E-state index contributed by atoms with van der Waals surface area (Å²) in [6.07, 6.45) is 26.7. The van der Waals surface area contributed by atoms with Gasteiger partial charge >= 0.3 is 5.97 Å². The number of rotatable bonds is 15. The van der Waals surface area contributed by atoms with E-state index in [0.717, 1.165) is 25.7 Å². The largest absolute Gasteiger partial charge is 0.478 e. The van der Waals surface area contributed by atoms with Gasteiger partial charge in [-0.1, -0.05) is 69.4 Å². The monoisotopic (exact) mass is 306 g/mol. The Kier molecular flexibility index (Phi) is 16.7. The predicted molar refractivity (Wildman–Crippen MR) is 96.1 cm³/mol. The molecule has 0 unspecified atom stereocenters. The molecule has 22 heavy (non-hydrogen) atoms. The van der Waals surface area contributed by atoms with Crippen molar-refractivity contribution < 1.29 is 9.90 Å². The smallest absolute Gasteiger partial charge is 0.327 e. The van der Waals surface area contributed by atoms with Gasteiger partial charge in [0.15, 0.2) is 0 Å². The molecule has 2 heteroatoms. The van der Waals surface area contributed by atoms with Gasteiger partial charge in [0.25, 0.3) is 0 Å². The van der Waals surface area contributed by atoms with Crippen LogP contribution in [0, 0.1) is 0 Å².